The van der Waals surface area contributed by atoms with Crippen molar-refractivity contribution in [2.24, 2.45) is 11.8 Å². The molecular weight excluding hydrogens is 535 g/mol. The van der Waals surface area contributed by atoms with Crippen molar-refractivity contribution in [3.63, 3.8) is 0 Å². The summed E-state index contributed by atoms with van der Waals surface area (Å²) in [6, 6.07) is 18.4. The topological polar surface area (TPSA) is 32.8 Å². The van der Waals surface area contributed by atoms with Crippen molar-refractivity contribution in [3.8, 4) is 0 Å². The van der Waals surface area contributed by atoms with Crippen LogP contribution in [0.5, 0.6) is 0 Å². The Bertz CT molecular complexity index is 1240. The minimum atomic E-state index is -0.271. The van der Waals surface area contributed by atoms with Crippen molar-refractivity contribution >= 4 is 40.5 Å². The molecule has 3 aromatic rings. The number of hydrogen-bond acceptors (Lipinski definition) is 5. The van der Waals surface area contributed by atoms with Crippen LogP contribution in [-0.2, 0) is 22.5 Å². The van der Waals surface area contributed by atoms with E-state index in [1.54, 1.807) is 11.3 Å². The highest BCUT2D eigenvalue weighted by atomic mass is 35.5. The molecule has 2 aromatic carbocycles. The van der Waals surface area contributed by atoms with Crippen molar-refractivity contribution in [1.29, 1.82) is 0 Å². The fourth-order valence-electron chi connectivity index (χ4n) is 6.73. The van der Waals surface area contributed by atoms with Crippen molar-refractivity contribution in [3.05, 3.63) is 92.1 Å². The lowest BCUT2D eigenvalue weighted by Crippen LogP contribution is -2.46. The molecule has 1 unspecified atom stereocenters. The average molecular weight is 570 g/mol. The summed E-state index contributed by atoms with van der Waals surface area (Å²) in [6.45, 7) is 5.98. The molecule has 38 heavy (non-hydrogen) atoms. The van der Waals surface area contributed by atoms with Gasteiger partial charge in [-0.25, -0.2) is 0 Å². The molecule has 0 amide bonds. The molecule has 200 valence electrons. The second-order valence-electron chi connectivity index (χ2n) is 11.3. The molecule has 3 aliphatic rings. The largest absolute Gasteiger partial charge is 0.459 e. The third-order valence-electron chi connectivity index (χ3n) is 8.75. The molecule has 0 N–H and O–H groups in total. The predicted octanol–water partition coefficient (Wildman–Crippen LogP) is 6.91. The minimum absolute atomic E-state index is 0.00730. The van der Waals surface area contributed by atoms with Crippen LogP contribution in [0.3, 0.4) is 0 Å². The van der Waals surface area contributed by atoms with Gasteiger partial charge in [-0.3, -0.25) is 9.69 Å². The molecule has 0 bridgehead atoms. The zero-order valence-electron chi connectivity index (χ0n) is 21.5. The summed E-state index contributed by atoms with van der Waals surface area (Å²) in [4.78, 5) is 17.9. The van der Waals surface area contributed by atoms with E-state index in [2.05, 4.69) is 44.8 Å². The van der Waals surface area contributed by atoms with E-state index in [1.807, 2.05) is 30.3 Å². The van der Waals surface area contributed by atoms with Gasteiger partial charge in [0, 0.05) is 61.7 Å². The van der Waals surface area contributed by atoms with Gasteiger partial charge in [0.2, 0.25) is 0 Å². The molecule has 0 saturated carbocycles. The van der Waals surface area contributed by atoms with Crippen LogP contribution in [0.25, 0.3) is 0 Å². The van der Waals surface area contributed by atoms with Gasteiger partial charge in [-0.1, -0.05) is 59.6 Å². The number of benzene rings is 2. The van der Waals surface area contributed by atoms with Crippen LogP contribution in [0.2, 0.25) is 10.0 Å². The van der Waals surface area contributed by atoms with E-state index in [0.717, 1.165) is 75.5 Å². The Labute approximate surface area is 239 Å². The first kappa shape index (κ1) is 26.3. The number of nitrogens with zero attached hydrogens (tertiary/aromatic N) is 2. The highest BCUT2D eigenvalue weighted by Gasteiger charge is 2.48. The van der Waals surface area contributed by atoms with Crippen LogP contribution in [0.4, 0.5) is 0 Å². The second kappa shape index (κ2) is 11.3. The number of rotatable bonds is 7. The summed E-state index contributed by atoms with van der Waals surface area (Å²) in [6.07, 6.45) is 3.50. The zero-order chi connectivity index (χ0) is 26.1. The quantitative estimate of drug-likeness (QED) is 0.290. The van der Waals surface area contributed by atoms with Crippen LogP contribution >= 0.6 is 34.5 Å². The predicted molar refractivity (Wildman–Crippen MR) is 155 cm³/mol. The van der Waals surface area contributed by atoms with E-state index in [4.69, 9.17) is 27.9 Å². The van der Waals surface area contributed by atoms with Gasteiger partial charge in [0.25, 0.3) is 0 Å². The number of hydrogen-bond donors (Lipinski definition) is 0. The van der Waals surface area contributed by atoms with E-state index >= 15 is 0 Å². The number of esters is 1. The van der Waals surface area contributed by atoms with E-state index in [0.29, 0.717) is 16.9 Å². The fraction of sp³-hybridized carbons (Fsp3) is 0.452. The lowest BCUT2D eigenvalue weighted by molar-refractivity contribution is -0.153. The number of piperidine rings is 1. The molecular formula is C31H34Cl2N2O2S. The summed E-state index contributed by atoms with van der Waals surface area (Å²) < 4.78 is 6.08. The van der Waals surface area contributed by atoms with E-state index < -0.39 is 0 Å². The molecule has 7 heteroatoms. The van der Waals surface area contributed by atoms with Crippen molar-refractivity contribution < 1.29 is 9.53 Å². The number of ether oxygens (including phenoxy) is 1. The smallest absolute Gasteiger partial charge is 0.309 e. The van der Waals surface area contributed by atoms with Gasteiger partial charge in [0.1, 0.15) is 5.60 Å². The number of carbonyl (C=O) groups excluding carboxylic acids is 1. The van der Waals surface area contributed by atoms with Crippen molar-refractivity contribution in [2.45, 2.75) is 43.7 Å². The summed E-state index contributed by atoms with van der Waals surface area (Å²) >= 11 is 14.4. The van der Waals surface area contributed by atoms with Crippen molar-refractivity contribution in [1.82, 2.24) is 9.80 Å². The average Bonchev–Trinajstić information content (AvgIpc) is 3.63. The monoisotopic (exact) mass is 568 g/mol. The number of likely N-dealkylation sites (tertiary alicyclic amines) is 2. The first-order chi connectivity index (χ1) is 18.5. The maximum Gasteiger partial charge on any atom is 0.309 e. The SMILES string of the molecule is O=C1OC2(CCN(C[C@H]3CN(Cc4ccc(Cl)cc4Cl)C[C@@H]3c3ccsc3)CC2)CC1Cc1ccccc1. The minimum Gasteiger partial charge on any atom is -0.459 e. The Balaban J connectivity index is 1.07. The van der Waals surface area contributed by atoms with E-state index in [-0.39, 0.29) is 17.5 Å². The molecule has 3 saturated heterocycles. The Morgan fingerprint density at radius 2 is 1.82 bits per heavy atom. The summed E-state index contributed by atoms with van der Waals surface area (Å²) in [5.74, 6) is 1.05. The molecule has 0 radical (unpaired) electrons. The van der Waals surface area contributed by atoms with Crippen LogP contribution < -0.4 is 0 Å². The molecule has 1 aromatic heterocycles. The molecule has 1 spiro atoms. The van der Waals surface area contributed by atoms with Crippen molar-refractivity contribution in [2.75, 3.05) is 32.7 Å². The van der Waals surface area contributed by atoms with Crippen LogP contribution in [-0.4, -0.2) is 54.1 Å². The molecule has 4 heterocycles. The van der Waals surface area contributed by atoms with Crippen LogP contribution in [0, 0.1) is 11.8 Å². The highest BCUT2D eigenvalue weighted by Crippen LogP contribution is 2.42. The molecule has 4 nitrogen and oxygen atoms in total. The van der Waals surface area contributed by atoms with Crippen LogP contribution in [0.1, 0.15) is 41.9 Å². The highest BCUT2D eigenvalue weighted by molar-refractivity contribution is 7.08. The first-order valence-electron chi connectivity index (χ1n) is 13.6. The first-order valence-corrected chi connectivity index (χ1v) is 15.3. The summed E-state index contributed by atoms with van der Waals surface area (Å²) in [5.41, 5.74) is 3.53. The third kappa shape index (κ3) is 5.83. The second-order valence-corrected chi connectivity index (χ2v) is 13.0. The number of halogens is 2. The summed E-state index contributed by atoms with van der Waals surface area (Å²) in [5, 5.41) is 5.92. The third-order valence-corrected chi connectivity index (χ3v) is 10.0. The normalized spacial score (nSPS) is 25.7. The van der Waals surface area contributed by atoms with Gasteiger partial charge < -0.3 is 9.64 Å². The van der Waals surface area contributed by atoms with Gasteiger partial charge in [-0.15, -0.1) is 0 Å². The Morgan fingerprint density at radius 3 is 2.55 bits per heavy atom. The lowest BCUT2D eigenvalue weighted by atomic mass is 9.82. The fourth-order valence-corrected chi connectivity index (χ4v) is 7.93. The van der Waals surface area contributed by atoms with Gasteiger partial charge in [0.15, 0.2) is 0 Å². The molecule has 3 aliphatic heterocycles. The number of thiophene rings is 1. The Morgan fingerprint density at radius 1 is 1.00 bits per heavy atom. The van der Waals surface area contributed by atoms with Gasteiger partial charge in [-0.05, 0) is 70.8 Å². The van der Waals surface area contributed by atoms with E-state index in [1.165, 1.54) is 11.1 Å². The molecule has 3 fully saturated rings. The van der Waals surface area contributed by atoms with E-state index in [9.17, 15) is 4.79 Å². The standard InChI is InChI=1S/C31H34Cl2N2O2S/c32-27-7-6-23(29(33)15-27)17-35-19-26(28(20-35)24-8-13-38-21-24)18-34-11-9-31(10-12-34)16-25(30(36)37-31)14-22-4-2-1-3-5-22/h1-8,13,15,21,25-26,28H,9-12,14,16-20H2/t25?,26-,28+/m0/s1. The van der Waals surface area contributed by atoms with Gasteiger partial charge >= 0.3 is 5.97 Å². The Kier molecular flexibility index (Phi) is 7.84. The molecule has 6 rings (SSSR count). The van der Waals surface area contributed by atoms with Gasteiger partial charge in [-0.2, -0.15) is 11.3 Å². The molecule has 3 atom stereocenters. The zero-order valence-corrected chi connectivity index (χ0v) is 23.9. The van der Waals surface area contributed by atoms with Crippen LogP contribution in [0.15, 0.2) is 65.4 Å². The maximum atomic E-state index is 12.8. The van der Waals surface area contributed by atoms with Gasteiger partial charge in [0.05, 0.1) is 5.92 Å². The summed E-state index contributed by atoms with van der Waals surface area (Å²) in [7, 11) is 0. The molecule has 0 aliphatic carbocycles. The maximum absolute atomic E-state index is 12.8. The Hall–Kier alpha value is -1.89. The lowest BCUT2D eigenvalue weighted by Gasteiger charge is -2.39. The number of carbonyl (C=O) groups is 1.